The van der Waals surface area contributed by atoms with Gasteiger partial charge in [-0.3, -0.25) is 4.79 Å². The van der Waals surface area contributed by atoms with Crippen LogP contribution in [-0.4, -0.2) is 44.9 Å². The summed E-state index contributed by atoms with van der Waals surface area (Å²) in [5.74, 6) is -0.865. The van der Waals surface area contributed by atoms with Gasteiger partial charge in [0.15, 0.2) is 11.4 Å². The third-order valence-electron chi connectivity index (χ3n) is 4.06. The summed E-state index contributed by atoms with van der Waals surface area (Å²) in [5, 5.41) is 9.01. The number of nitrogens with zero attached hydrogens (tertiary/aromatic N) is 2. The van der Waals surface area contributed by atoms with Gasteiger partial charge in [0.05, 0.1) is 6.33 Å². The number of rotatable bonds is 2. The van der Waals surface area contributed by atoms with Crippen molar-refractivity contribution in [3.8, 4) is 0 Å². The molecule has 6 heteroatoms. The zero-order valence-electron chi connectivity index (χ0n) is 12.1. The third kappa shape index (κ3) is 2.84. The first-order valence-electron chi connectivity index (χ1n) is 6.86. The molecule has 0 saturated carbocycles. The predicted octanol–water partition coefficient (Wildman–Crippen LogP) is 2.01. The lowest BCUT2D eigenvalue weighted by atomic mass is 9.75. The van der Waals surface area contributed by atoms with E-state index in [-0.39, 0.29) is 22.7 Å². The van der Waals surface area contributed by atoms with E-state index in [9.17, 15) is 9.59 Å². The number of nitrogens with one attached hydrogen (secondary N) is 1. The molecular weight excluding hydrogens is 258 g/mol. The SMILES string of the molecule is CC(C)(C)C1CCN(C(=O)c2nc[nH]c2C(=O)O)CC1. The van der Waals surface area contributed by atoms with Crippen molar-refractivity contribution in [3.05, 3.63) is 17.7 Å². The van der Waals surface area contributed by atoms with Crippen molar-refractivity contribution in [2.45, 2.75) is 33.6 Å². The minimum absolute atomic E-state index is 0.00621. The van der Waals surface area contributed by atoms with E-state index in [1.54, 1.807) is 4.90 Å². The molecule has 2 rings (SSSR count). The molecule has 1 fully saturated rings. The molecule has 20 heavy (non-hydrogen) atoms. The largest absolute Gasteiger partial charge is 0.477 e. The van der Waals surface area contributed by atoms with Gasteiger partial charge in [-0.2, -0.15) is 0 Å². The van der Waals surface area contributed by atoms with Crippen LogP contribution in [0.25, 0.3) is 0 Å². The van der Waals surface area contributed by atoms with Crippen molar-refractivity contribution in [1.29, 1.82) is 0 Å². The number of aromatic amines is 1. The van der Waals surface area contributed by atoms with E-state index in [4.69, 9.17) is 5.11 Å². The number of hydrogen-bond donors (Lipinski definition) is 2. The Balaban J connectivity index is 2.05. The molecule has 1 aliphatic rings. The first kappa shape index (κ1) is 14.6. The Morgan fingerprint density at radius 1 is 1.35 bits per heavy atom. The molecule has 110 valence electrons. The van der Waals surface area contributed by atoms with Crippen LogP contribution in [-0.2, 0) is 0 Å². The molecule has 0 aliphatic carbocycles. The quantitative estimate of drug-likeness (QED) is 0.867. The molecule has 1 aliphatic heterocycles. The third-order valence-corrected chi connectivity index (χ3v) is 4.06. The maximum absolute atomic E-state index is 12.3. The average Bonchev–Trinajstić information content (AvgIpc) is 2.86. The number of H-pyrrole nitrogens is 1. The maximum atomic E-state index is 12.3. The molecule has 0 bridgehead atoms. The summed E-state index contributed by atoms with van der Waals surface area (Å²) < 4.78 is 0. The highest BCUT2D eigenvalue weighted by Gasteiger charge is 2.32. The van der Waals surface area contributed by atoms with E-state index in [1.165, 1.54) is 6.33 Å². The van der Waals surface area contributed by atoms with Crippen LogP contribution in [0.3, 0.4) is 0 Å². The Morgan fingerprint density at radius 2 is 1.95 bits per heavy atom. The van der Waals surface area contributed by atoms with Gasteiger partial charge in [-0.15, -0.1) is 0 Å². The van der Waals surface area contributed by atoms with Crippen LogP contribution < -0.4 is 0 Å². The highest BCUT2D eigenvalue weighted by molar-refractivity contribution is 6.02. The average molecular weight is 279 g/mol. The molecule has 1 aromatic rings. The van der Waals surface area contributed by atoms with Gasteiger partial charge in [0.1, 0.15) is 0 Å². The van der Waals surface area contributed by atoms with Crippen LogP contribution in [0.2, 0.25) is 0 Å². The first-order valence-corrected chi connectivity index (χ1v) is 6.86. The van der Waals surface area contributed by atoms with Gasteiger partial charge in [0.2, 0.25) is 0 Å². The number of hydrogen-bond acceptors (Lipinski definition) is 3. The van der Waals surface area contributed by atoms with E-state index in [0.717, 1.165) is 12.8 Å². The number of imidazole rings is 1. The molecule has 2 N–H and O–H groups in total. The summed E-state index contributed by atoms with van der Waals surface area (Å²) in [4.78, 5) is 31.4. The zero-order chi connectivity index (χ0) is 14.9. The minimum atomic E-state index is -1.16. The van der Waals surface area contributed by atoms with E-state index in [2.05, 4.69) is 30.7 Å². The highest BCUT2D eigenvalue weighted by Crippen LogP contribution is 2.34. The molecule has 0 atom stereocenters. The number of carbonyl (C=O) groups is 2. The Morgan fingerprint density at radius 3 is 2.45 bits per heavy atom. The van der Waals surface area contributed by atoms with Gasteiger partial charge in [0.25, 0.3) is 5.91 Å². The fraction of sp³-hybridized carbons (Fsp3) is 0.643. The van der Waals surface area contributed by atoms with Crippen molar-refractivity contribution in [2.24, 2.45) is 11.3 Å². The number of piperidine rings is 1. The Kier molecular flexibility index (Phi) is 3.83. The number of aromatic carboxylic acids is 1. The van der Waals surface area contributed by atoms with Gasteiger partial charge in [-0.05, 0) is 24.2 Å². The highest BCUT2D eigenvalue weighted by atomic mass is 16.4. The van der Waals surface area contributed by atoms with Crippen molar-refractivity contribution in [1.82, 2.24) is 14.9 Å². The lowest BCUT2D eigenvalue weighted by Crippen LogP contribution is -2.41. The minimum Gasteiger partial charge on any atom is -0.477 e. The monoisotopic (exact) mass is 279 g/mol. The smallest absolute Gasteiger partial charge is 0.354 e. The summed E-state index contributed by atoms with van der Waals surface area (Å²) in [6, 6.07) is 0. The summed E-state index contributed by atoms with van der Waals surface area (Å²) in [6.45, 7) is 7.96. The normalized spacial score (nSPS) is 17.2. The van der Waals surface area contributed by atoms with E-state index in [0.29, 0.717) is 19.0 Å². The second-order valence-corrected chi connectivity index (χ2v) is 6.36. The molecule has 0 spiro atoms. The van der Waals surface area contributed by atoms with Crippen LogP contribution >= 0.6 is 0 Å². The van der Waals surface area contributed by atoms with Crippen LogP contribution in [0, 0.1) is 11.3 Å². The lowest BCUT2D eigenvalue weighted by molar-refractivity contribution is 0.0587. The number of likely N-dealkylation sites (tertiary alicyclic amines) is 1. The fourth-order valence-corrected chi connectivity index (χ4v) is 2.72. The second-order valence-electron chi connectivity index (χ2n) is 6.36. The van der Waals surface area contributed by atoms with Crippen molar-refractivity contribution >= 4 is 11.9 Å². The van der Waals surface area contributed by atoms with Crippen LogP contribution in [0.5, 0.6) is 0 Å². The van der Waals surface area contributed by atoms with Gasteiger partial charge < -0.3 is 15.0 Å². The molecule has 1 saturated heterocycles. The van der Waals surface area contributed by atoms with Gasteiger partial charge in [-0.25, -0.2) is 9.78 Å². The number of carboxylic acids is 1. The summed E-state index contributed by atoms with van der Waals surface area (Å²) in [7, 11) is 0. The number of carbonyl (C=O) groups excluding carboxylic acids is 1. The van der Waals surface area contributed by atoms with Crippen molar-refractivity contribution < 1.29 is 14.7 Å². The van der Waals surface area contributed by atoms with Crippen molar-refractivity contribution in [2.75, 3.05) is 13.1 Å². The number of carboxylic acid groups (broad SMARTS) is 1. The van der Waals surface area contributed by atoms with Gasteiger partial charge in [-0.1, -0.05) is 20.8 Å². The number of amides is 1. The lowest BCUT2D eigenvalue weighted by Gasteiger charge is -2.38. The first-order chi connectivity index (χ1) is 9.30. The topological polar surface area (TPSA) is 86.3 Å². The van der Waals surface area contributed by atoms with Gasteiger partial charge >= 0.3 is 5.97 Å². The van der Waals surface area contributed by atoms with E-state index < -0.39 is 5.97 Å². The molecular formula is C14H21N3O3. The second kappa shape index (κ2) is 5.26. The standard InChI is InChI=1S/C14H21N3O3/c1-14(2,3)9-4-6-17(7-5-9)12(18)10-11(13(19)20)16-8-15-10/h8-9H,4-7H2,1-3H3,(H,15,16)(H,19,20). The zero-order valence-corrected chi connectivity index (χ0v) is 12.1. The maximum Gasteiger partial charge on any atom is 0.354 e. The molecule has 1 aromatic heterocycles. The molecule has 0 aromatic carbocycles. The van der Waals surface area contributed by atoms with Crippen LogP contribution in [0.1, 0.15) is 54.6 Å². The molecule has 0 unspecified atom stereocenters. The van der Waals surface area contributed by atoms with E-state index in [1.807, 2.05) is 0 Å². The Bertz CT molecular complexity index is 508. The van der Waals surface area contributed by atoms with Crippen molar-refractivity contribution in [3.63, 3.8) is 0 Å². The Labute approximate surface area is 118 Å². The van der Waals surface area contributed by atoms with E-state index >= 15 is 0 Å². The van der Waals surface area contributed by atoms with Crippen LogP contribution in [0.15, 0.2) is 6.33 Å². The Hall–Kier alpha value is -1.85. The van der Waals surface area contributed by atoms with Crippen LogP contribution in [0.4, 0.5) is 0 Å². The summed E-state index contributed by atoms with van der Waals surface area (Å²) in [6.07, 6.45) is 3.14. The predicted molar refractivity (Wildman–Crippen MR) is 73.6 cm³/mol. The summed E-state index contributed by atoms with van der Waals surface area (Å²) in [5.41, 5.74) is 0.118. The molecule has 0 radical (unpaired) electrons. The number of aromatic nitrogens is 2. The molecule has 1 amide bonds. The molecule has 2 heterocycles. The van der Waals surface area contributed by atoms with Gasteiger partial charge in [0, 0.05) is 13.1 Å². The molecule has 6 nitrogen and oxygen atoms in total. The summed E-state index contributed by atoms with van der Waals surface area (Å²) >= 11 is 0. The fourth-order valence-electron chi connectivity index (χ4n) is 2.72.